The third-order valence-corrected chi connectivity index (χ3v) is 2.49. The molecule has 0 fully saturated rings. The molecule has 0 radical (unpaired) electrons. The number of hydrogen-bond donors (Lipinski definition) is 1. The number of methoxy groups -OCH3 is 3. The molecule has 1 rings (SSSR count). The highest BCUT2D eigenvalue weighted by Crippen LogP contribution is 2.39. The van der Waals surface area contributed by atoms with Crippen LogP contribution in [0.25, 0.3) is 0 Å². The van der Waals surface area contributed by atoms with Gasteiger partial charge in [-0.25, -0.2) is 0 Å². The molecule has 0 heterocycles. The van der Waals surface area contributed by atoms with Gasteiger partial charge in [0.2, 0.25) is 5.75 Å². The first-order valence-corrected chi connectivity index (χ1v) is 5.74. The second-order valence-corrected chi connectivity index (χ2v) is 3.65. The van der Waals surface area contributed by atoms with Crippen molar-refractivity contribution in [1.82, 2.24) is 0 Å². The second-order valence-electron chi connectivity index (χ2n) is 3.65. The van der Waals surface area contributed by atoms with Crippen LogP contribution >= 0.6 is 0 Å². The summed E-state index contributed by atoms with van der Waals surface area (Å²) >= 11 is 0. The molecule has 0 atom stereocenters. The zero-order valence-corrected chi connectivity index (χ0v) is 11.1. The van der Waals surface area contributed by atoms with Crippen LogP contribution in [0.15, 0.2) is 12.1 Å². The van der Waals surface area contributed by atoms with Gasteiger partial charge < -0.3 is 19.5 Å². The van der Waals surface area contributed by atoms with Gasteiger partial charge in [0, 0.05) is 30.8 Å². The van der Waals surface area contributed by atoms with Gasteiger partial charge in [-0.15, -0.1) is 12.3 Å². The molecule has 0 aliphatic rings. The fourth-order valence-corrected chi connectivity index (χ4v) is 1.61. The maximum Gasteiger partial charge on any atom is 0.203 e. The lowest BCUT2D eigenvalue weighted by Gasteiger charge is -2.14. The first-order valence-electron chi connectivity index (χ1n) is 5.74. The van der Waals surface area contributed by atoms with E-state index in [4.69, 9.17) is 20.6 Å². The van der Waals surface area contributed by atoms with Crippen molar-refractivity contribution >= 4 is 5.69 Å². The van der Waals surface area contributed by atoms with E-state index in [2.05, 4.69) is 11.2 Å². The van der Waals surface area contributed by atoms with Crippen LogP contribution in [0.3, 0.4) is 0 Å². The Balaban J connectivity index is 2.83. The van der Waals surface area contributed by atoms with Crippen LogP contribution in [0, 0.1) is 12.3 Å². The Bertz CT molecular complexity index is 399. The van der Waals surface area contributed by atoms with Gasteiger partial charge in [-0.2, -0.15) is 0 Å². The summed E-state index contributed by atoms with van der Waals surface area (Å²) in [5.41, 5.74) is 0.918. The molecule has 1 N–H and O–H groups in total. The highest BCUT2D eigenvalue weighted by molar-refractivity contribution is 5.62. The summed E-state index contributed by atoms with van der Waals surface area (Å²) in [5, 5.41) is 3.27. The van der Waals surface area contributed by atoms with E-state index in [1.54, 1.807) is 21.3 Å². The minimum atomic E-state index is 0.592. The van der Waals surface area contributed by atoms with Gasteiger partial charge in [0.15, 0.2) is 11.5 Å². The number of hydrogen-bond acceptors (Lipinski definition) is 4. The van der Waals surface area contributed by atoms with Crippen LogP contribution in [-0.4, -0.2) is 27.9 Å². The topological polar surface area (TPSA) is 39.7 Å². The van der Waals surface area contributed by atoms with Crippen LogP contribution in [0.2, 0.25) is 0 Å². The molecule has 98 valence electrons. The standard InChI is InChI=1S/C14H19NO3/c1-5-6-7-8-15-11-9-12(16-2)14(18-4)13(10-11)17-3/h1,9-10,15H,6-8H2,2-4H3. The summed E-state index contributed by atoms with van der Waals surface area (Å²) in [7, 11) is 4.78. The van der Waals surface area contributed by atoms with Crippen LogP contribution in [0.1, 0.15) is 12.8 Å². The van der Waals surface area contributed by atoms with E-state index in [9.17, 15) is 0 Å². The predicted octanol–water partition coefficient (Wildman–Crippen LogP) is 2.54. The number of rotatable bonds is 7. The molecule has 0 aliphatic carbocycles. The molecule has 1 aromatic rings. The Labute approximate surface area is 108 Å². The first-order chi connectivity index (χ1) is 8.76. The van der Waals surface area contributed by atoms with E-state index in [0.717, 1.165) is 25.1 Å². The van der Waals surface area contributed by atoms with E-state index in [-0.39, 0.29) is 0 Å². The van der Waals surface area contributed by atoms with E-state index >= 15 is 0 Å². The Morgan fingerprint density at radius 1 is 1.11 bits per heavy atom. The Morgan fingerprint density at radius 2 is 1.72 bits per heavy atom. The first kappa shape index (κ1) is 14.0. The lowest BCUT2D eigenvalue weighted by Crippen LogP contribution is -2.03. The molecule has 0 spiro atoms. The summed E-state index contributed by atoms with van der Waals surface area (Å²) < 4.78 is 15.8. The quantitative estimate of drug-likeness (QED) is 0.595. The molecule has 0 bridgehead atoms. The van der Waals surface area contributed by atoms with Crippen molar-refractivity contribution < 1.29 is 14.2 Å². The SMILES string of the molecule is C#CCCCNc1cc(OC)c(OC)c(OC)c1. The minimum Gasteiger partial charge on any atom is -0.493 e. The van der Waals surface area contributed by atoms with Crippen molar-refractivity contribution in [2.75, 3.05) is 33.2 Å². The van der Waals surface area contributed by atoms with Crippen LogP contribution in [0.5, 0.6) is 17.2 Å². The Hall–Kier alpha value is -2.02. The molecule has 4 nitrogen and oxygen atoms in total. The summed E-state index contributed by atoms with van der Waals surface area (Å²) in [4.78, 5) is 0. The fourth-order valence-electron chi connectivity index (χ4n) is 1.61. The average Bonchev–Trinajstić information content (AvgIpc) is 2.42. The van der Waals surface area contributed by atoms with Crippen molar-refractivity contribution in [2.24, 2.45) is 0 Å². The minimum absolute atomic E-state index is 0.592. The highest BCUT2D eigenvalue weighted by atomic mass is 16.5. The van der Waals surface area contributed by atoms with Crippen LogP contribution in [0.4, 0.5) is 5.69 Å². The summed E-state index contributed by atoms with van der Waals surface area (Å²) in [6.45, 7) is 0.808. The zero-order valence-electron chi connectivity index (χ0n) is 11.1. The lowest BCUT2D eigenvalue weighted by molar-refractivity contribution is 0.324. The maximum absolute atomic E-state index is 5.27. The van der Waals surface area contributed by atoms with Gasteiger partial charge in [-0.1, -0.05) is 0 Å². The molecule has 0 amide bonds. The molecule has 0 aliphatic heterocycles. The van der Waals surface area contributed by atoms with Gasteiger partial charge in [-0.3, -0.25) is 0 Å². The number of benzene rings is 1. The monoisotopic (exact) mass is 249 g/mol. The van der Waals surface area contributed by atoms with E-state index < -0.39 is 0 Å². The Kier molecular flexibility index (Phi) is 5.72. The average molecular weight is 249 g/mol. The normalized spacial score (nSPS) is 9.44. The lowest BCUT2D eigenvalue weighted by atomic mass is 10.2. The highest BCUT2D eigenvalue weighted by Gasteiger charge is 2.12. The molecule has 0 saturated carbocycles. The summed E-state index contributed by atoms with van der Waals surface area (Å²) in [5.74, 6) is 4.47. The molecular formula is C14H19NO3. The summed E-state index contributed by atoms with van der Waals surface area (Å²) in [6.07, 6.45) is 6.89. The van der Waals surface area contributed by atoms with Gasteiger partial charge in [0.1, 0.15) is 0 Å². The van der Waals surface area contributed by atoms with Gasteiger partial charge in [0.05, 0.1) is 21.3 Å². The molecule has 0 aromatic heterocycles. The third-order valence-electron chi connectivity index (χ3n) is 2.49. The van der Waals surface area contributed by atoms with Crippen molar-refractivity contribution in [3.63, 3.8) is 0 Å². The van der Waals surface area contributed by atoms with Gasteiger partial charge in [-0.05, 0) is 6.42 Å². The predicted molar refractivity (Wildman–Crippen MR) is 72.7 cm³/mol. The fraction of sp³-hybridized carbons (Fsp3) is 0.429. The smallest absolute Gasteiger partial charge is 0.203 e. The zero-order chi connectivity index (χ0) is 13.4. The van der Waals surface area contributed by atoms with Crippen molar-refractivity contribution in [2.45, 2.75) is 12.8 Å². The van der Waals surface area contributed by atoms with E-state index in [0.29, 0.717) is 17.2 Å². The summed E-state index contributed by atoms with van der Waals surface area (Å²) in [6, 6.07) is 3.74. The van der Waals surface area contributed by atoms with Crippen molar-refractivity contribution in [3.05, 3.63) is 12.1 Å². The molecular weight excluding hydrogens is 230 g/mol. The van der Waals surface area contributed by atoms with Crippen LogP contribution in [-0.2, 0) is 0 Å². The number of anilines is 1. The number of unbranched alkanes of at least 4 members (excludes halogenated alkanes) is 1. The molecule has 0 saturated heterocycles. The van der Waals surface area contributed by atoms with E-state index in [1.807, 2.05) is 12.1 Å². The maximum atomic E-state index is 5.27. The molecule has 1 aromatic carbocycles. The number of ether oxygens (including phenoxy) is 3. The largest absolute Gasteiger partial charge is 0.493 e. The van der Waals surface area contributed by atoms with Gasteiger partial charge in [0.25, 0.3) is 0 Å². The van der Waals surface area contributed by atoms with E-state index in [1.165, 1.54) is 0 Å². The Morgan fingerprint density at radius 3 is 2.17 bits per heavy atom. The van der Waals surface area contributed by atoms with Crippen molar-refractivity contribution in [1.29, 1.82) is 0 Å². The third kappa shape index (κ3) is 3.49. The van der Waals surface area contributed by atoms with Crippen LogP contribution < -0.4 is 19.5 Å². The number of nitrogens with one attached hydrogen (secondary N) is 1. The molecule has 0 unspecified atom stereocenters. The molecule has 4 heteroatoms. The molecule has 18 heavy (non-hydrogen) atoms. The van der Waals surface area contributed by atoms with Gasteiger partial charge >= 0.3 is 0 Å². The van der Waals surface area contributed by atoms with Crippen molar-refractivity contribution in [3.8, 4) is 29.6 Å². The second kappa shape index (κ2) is 7.33. The number of terminal acetylenes is 1.